The molecule has 1 aliphatic heterocycles. The topological polar surface area (TPSA) is 54.6 Å². The third kappa shape index (κ3) is 6.65. The van der Waals surface area contributed by atoms with Gasteiger partial charge in [0.25, 0.3) is 0 Å². The molecule has 0 saturated carbocycles. The summed E-state index contributed by atoms with van der Waals surface area (Å²) in [7, 11) is 0. The predicted molar refractivity (Wildman–Crippen MR) is 153 cm³/mol. The van der Waals surface area contributed by atoms with Crippen molar-refractivity contribution in [3.05, 3.63) is 118 Å². The number of aryl methyl sites for hydroxylation is 2. The van der Waals surface area contributed by atoms with Crippen molar-refractivity contribution in [1.29, 1.82) is 0 Å². The molecule has 0 spiro atoms. The quantitative estimate of drug-likeness (QED) is 0.303. The summed E-state index contributed by atoms with van der Waals surface area (Å²) < 4.78 is 6.14. The highest BCUT2D eigenvalue weighted by Gasteiger charge is 2.23. The fourth-order valence-corrected chi connectivity index (χ4v) is 4.85. The van der Waals surface area contributed by atoms with Crippen LogP contribution in [0.25, 0.3) is 11.0 Å². The second-order valence-corrected chi connectivity index (χ2v) is 9.88. The number of furan rings is 1. The van der Waals surface area contributed by atoms with Gasteiger partial charge in [-0.25, -0.2) is 0 Å². The van der Waals surface area contributed by atoms with Crippen molar-refractivity contribution in [3.63, 3.8) is 0 Å². The van der Waals surface area contributed by atoms with Gasteiger partial charge in [0.1, 0.15) is 11.3 Å². The Kier molecular flexibility index (Phi) is 8.39. The maximum absolute atomic E-state index is 12.5. The van der Waals surface area contributed by atoms with E-state index in [1.165, 1.54) is 22.3 Å². The summed E-state index contributed by atoms with van der Waals surface area (Å²) in [6.45, 7) is 11.9. The monoisotopic (exact) mass is 492 g/mol. The SMILES string of the molecule is CC1=NCC(C)=C1C(C)c1cc2cc(CC(=O)NCc3ccc(C)cc3C)ccc2o1.c1ccccc1. The molecule has 0 fully saturated rings. The lowest BCUT2D eigenvalue weighted by atomic mass is 9.92. The van der Waals surface area contributed by atoms with E-state index < -0.39 is 0 Å². The molecule has 0 saturated heterocycles. The highest BCUT2D eigenvalue weighted by molar-refractivity contribution is 6.02. The lowest BCUT2D eigenvalue weighted by Gasteiger charge is -2.12. The van der Waals surface area contributed by atoms with Gasteiger partial charge in [0, 0.05) is 23.6 Å². The van der Waals surface area contributed by atoms with E-state index in [1.54, 1.807) is 0 Å². The van der Waals surface area contributed by atoms with E-state index in [0.29, 0.717) is 13.0 Å². The summed E-state index contributed by atoms with van der Waals surface area (Å²) in [6.07, 6.45) is 0.354. The number of hydrogen-bond donors (Lipinski definition) is 1. The molecule has 5 rings (SSSR count). The number of benzene rings is 3. The van der Waals surface area contributed by atoms with Gasteiger partial charge in [-0.15, -0.1) is 0 Å². The molecule has 190 valence electrons. The van der Waals surface area contributed by atoms with Crippen LogP contribution in [0, 0.1) is 13.8 Å². The van der Waals surface area contributed by atoms with Gasteiger partial charge >= 0.3 is 0 Å². The maximum atomic E-state index is 12.5. The normalized spacial score (nSPS) is 13.7. The van der Waals surface area contributed by atoms with Crippen LogP contribution < -0.4 is 5.32 Å². The summed E-state index contributed by atoms with van der Waals surface area (Å²) in [6, 6.07) is 26.4. The second-order valence-electron chi connectivity index (χ2n) is 9.88. The largest absolute Gasteiger partial charge is 0.460 e. The summed E-state index contributed by atoms with van der Waals surface area (Å²) in [5.41, 5.74) is 9.12. The number of hydrogen-bond acceptors (Lipinski definition) is 3. The number of rotatable bonds is 6. The Morgan fingerprint density at radius 2 is 1.65 bits per heavy atom. The molecule has 1 aromatic heterocycles. The maximum Gasteiger partial charge on any atom is 0.224 e. The second kappa shape index (κ2) is 11.9. The molecule has 4 nitrogen and oxygen atoms in total. The Bertz CT molecular complexity index is 1420. The van der Waals surface area contributed by atoms with Gasteiger partial charge in [0.15, 0.2) is 0 Å². The van der Waals surface area contributed by atoms with Gasteiger partial charge in [-0.1, -0.05) is 73.2 Å². The molecule has 3 aromatic carbocycles. The number of amides is 1. The van der Waals surface area contributed by atoms with Crippen LogP contribution in [0.1, 0.15) is 54.7 Å². The van der Waals surface area contributed by atoms with Crippen LogP contribution in [0.4, 0.5) is 0 Å². The summed E-state index contributed by atoms with van der Waals surface area (Å²) >= 11 is 0. The first-order chi connectivity index (χ1) is 17.8. The fraction of sp³-hybridized carbons (Fsp3) is 0.273. The molecule has 1 aliphatic rings. The Balaban J connectivity index is 0.000000469. The average Bonchev–Trinajstić information content (AvgIpc) is 3.47. The minimum Gasteiger partial charge on any atom is -0.460 e. The fourth-order valence-electron chi connectivity index (χ4n) is 4.85. The first kappa shape index (κ1) is 26.2. The van der Waals surface area contributed by atoms with E-state index >= 15 is 0 Å². The van der Waals surface area contributed by atoms with Crippen LogP contribution in [0.5, 0.6) is 0 Å². The van der Waals surface area contributed by atoms with E-state index in [0.717, 1.165) is 40.1 Å². The number of nitrogens with one attached hydrogen (secondary N) is 1. The molecule has 37 heavy (non-hydrogen) atoms. The average molecular weight is 493 g/mol. The summed E-state index contributed by atoms with van der Waals surface area (Å²) in [5, 5.41) is 4.08. The standard InChI is InChI=1S/C27H30N2O2.C6H6/c1-16-6-8-22(17(2)10-16)15-29-26(30)12-21-7-9-24-23(11-21)13-25(31-24)19(4)27-18(3)14-28-20(27)5;1-2-4-6-5-3-1/h6-11,13,19H,12,14-15H2,1-5H3,(H,29,30);1-6H. The number of carbonyl (C=O) groups excluding carboxylic acids is 1. The molecule has 4 aromatic rings. The Labute approximate surface area is 220 Å². The number of nitrogens with zero attached hydrogens (tertiary/aromatic N) is 1. The van der Waals surface area contributed by atoms with E-state index in [1.807, 2.05) is 48.5 Å². The van der Waals surface area contributed by atoms with Crippen molar-refractivity contribution in [1.82, 2.24) is 5.32 Å². The predicted octanol–water partition coefficient (Wildman–Crippen LogP) is 7.49. The van der Waals surface area contributed by atoms with Crippen LogP contribution in [0.2, 0.25) is 0 Å². The molecule has 0 bridgehead atoms. The number of carbonyl (C=O) groups is 1. The van der Waals surface area contributed by atoms with Gasteiger partial charge < -0.3 is 9.73 Å². The minimum absolute atomic E-state index is 0.0231. The van der Waals surface area contributed by atoms with E-state index in [4.69, 9.17) is 4.42 Å². The van der Waals surface area contributed by atoms with E-state index in [2.05, 4.69) is 75.3 Å². The smallest absolute Gasteiger partial charge is 0.224 e. The Hall–Kier alpha value is -3.92. The van der Waals surface area contributed by atoms with Crippen molar-refractivity contribution >= 4 is 22.6 Å². The summed E-state index contributed by atoms with van der Waals surface area (Å²) in [4.78, 5) is 17.1. The number of allylic oxidation sites excluding steroid dienone is 1. The van der Waals surface area contributed by atoms with E-state index in [-0.39, 0.29) is 11.8 Å². The zero-order chi connectivity index (χ0) is 26.4. The van der Waals surface area contributed by atoms with Gasteiger partial charge in [-0.2, -0.15) is 0 Å². The van der Waals surface area contributed by atoms with Crippen molar-refractivity contribution in [2.24, 2.45) is 4.99 Å². The first-order valence-electron chi connectivity index (χ1n) is 12.9. The minimum atomic E-state index is 0.0231. The molecule has 2 heterocycles. The van der Waals surface area contributed by atoms with Crippen LogP contribution in [-0.4, -0.2) is 18.2 Å². The van der Waals surface area contributed by atoms with Gasteiger partial charge in [0.2, 0.25) is 5.91 Å². The zero-order valence-electron chi connectivity index (χ0n) is 22.5. The molecule has 1 unspecified atom stereocenters. The highest BCUT2D eigenvalue weighted by atomic mass is 16.3. The van der Waals surface area contributed by atoms with Crippen molar-refractivity contribution in [2.75, 3.05) is 6.54 Å². The summed E-state index contributed by atoms with van der Waals surface area (Å²) in [5.74, 6) is 1.13. The Morgan fingerprint density at radius 3 is 2.27 bits per heavy atom. The Morgan fingerprint density at radius 1 is 0.946 bits per heavy atom. The van der Waals surface area contributed by atoms with Crippen LogP contribution in [0.3, 0.4) is 0 Å². The lowest BCUT2D eigenvalue weighted by Crippen LogP contribution is -2.24. The number of fused-ring (bicyclic) bond motifs is 1. The molecule has 1 atom stereocenters. The van der Waals surface area contributed by atoms with Crippen LogP contribution in [-0.2, 0) is 17.8 Å². The lowest BCUT2D eigenvalue weighted by molar-refractivity contribution is -0.120. The third-order valence-electron chi connectivity index (χ3n) is 6.87. The molecule has 1 amide bonds. The van der Waals surface area contributed by atoms with Gasteiger partial charge in [0.05, 0.1) is 13.0 Å². The number of aliphatic imine (C=N–C) groups is 1. The molecule has 0 radical (unpaired) electrons. The molecule has 4 heteroatoms. The van der Waals surface area contributed by atoms with E-state index in [9.17, 15) is 4.79 Å². The molecular weight excluding hydrogens is 456 g/mol. The first-order valence-corrected chi connectivity index (χ1v) is 12.9. The van der Waals surface area contributed by atoms with Crippen molar-refractivity contribution in [2.45, 2.75) is 53.5 Å². The molecular formula is C33H36N2O2. The van der Waals surface area contributed by atoms with Crippen LogP contribution >= 0.6 is 0 Å². The van der Waals surface area contributed by atoms with Gasteiger partial charge in [-0.05, 0) is 73.7 Å². The third-order valence-corrected chi connectivity index (χ3v) is 6.87. The molecule has 0 aliphatic carbocycles. The van der Waals surface area contributed by atoms with Crippen LogP contribution in [0.15, 0.2) is 99.4 Å². The van der Waals surface area contributed by atoms with Crippen molar-refractivity contribution in [3.8, 4) is 0 Å². The van der Waals surface area contributed by atoms with Crippen molar-refractivity contribution < 1.29 is 9.21 Å². The highest BCUT2D eigenvalue weighted by Crippen LogP contribution is 2.34. The molecule has 1 N–H and O–H groups in total. The van der Waals surface area contributed by atoms with Gasteiger partial charge in [-0.3, -0.25) is 9.79 Å². The zero-order valence-corrected chi connectivity index (χ0v) is 22.5.